The summed E-state index contributed by atoms with van der Waals surface area (Å²) in [4.78, 5) is 39.9. The van der Waals surface area contributed by atoms with Gasteiger partial charge in [-0.05, 0) is 43.2 Å². The molecule has 1 aliphatic heterocycles. The number of carbonyl (C=O) groups is 2. The van der Waals surface area contributed by atoms with Gasteiger partial charge in [-0.15, -0.1) is 10.1 Å². The molecule has 202 valence electrons. The lowest BCUT2D eigenvalue weighted by molar-refractivity contribution is -0.757. The number of hydrogen-bond donors (Lipinski definition) is 1. The number of ether oxygens (including phenoxy) is 2. The Morgan fingerprint density at radius 3 is 2.72 bits per heavy atom. The Kier molecular flexibility index (Phi) is 8.91. The molecule has 4 rings (SSSR count). The Bertz CT molecular complexity index is 1460. The van der Waals surface area contributed by atoms with E-state index in [4.69, 9.17) is 32.7 Å². The predicted octanol–water partition coefficient (Wildman–Crippen LogP) is 4.24. The summed E-state index contributed by atoms with van der Waals surface area (Å²) >= 11 is 12.6. The fourth-order valence-electron chi connectivity index (χ4n) is 3.91. The molecule has 1 saturated heterocycles. The molecule has 1 amide bonds. The van der Waals surface area contributed by atoms with Gasteiger partial charge >= 0.3 is 5.97 Å². The first-order valence-corrected chi connectivity index (χ1v) is 12.5. The summed E-state index contributed by atoms with van der Waals surface area (Å²) in [6.07, 6.45) is 1.27. The molecule has 0 radical (unpaired) electrons. The lowest BCUT2D eigenvalue weighted by Crippen LogP contribution is -2.44. The first kappa shape index (κ1) is 27.8. The number of nitrogens with one attached hydrogen (secondary N) is 1. The van der Waals surface area contributed by atoms with Crippen molar-refractivity contribution in [3.05, 3.63) is 73.9 Å². The van der Waals surface area contributed by atoms with E-state index in [9.17, 15) is 19.7 Å². The molecule has 3 aromatic rings. The van der Waals surface area contributed by atoms with Crippen molar-refractivity contribution in [2.24, 2.45) is 0 Å². The highest BCUT2D eigenvalue weighted by molar-refractivity contribution is 6.35. The number of aromatic nitrogens is 2. The molecule has 1 N–H and O–H groups in total. The Labute approximate surface area is 233 Å². The second kappa shape index (κ2) is 12.5. The molecule has 1 aliphatic rings. The summed E-state index contributed by atoms with van der Waals surface area (Å²) in [5, 5.41) is 17.3. The van der Waals surface area contributed by atoms with Crippen molar-refractivity contribution in [2.45, 2.75) is 25.3 Å². The fourth-order valence-corrected chi connectivity index (χ4v) is 4.40. The largest absolute Gasteiger partial charge is 0.492 e. The predicted molar refractivity (Wildman–Crippen MR) is 141 cm³/mol. The summed E-state index contributed by atoms with van der Waals surface area (Å²) in [6.45, 7) is 0.190. The van der Waals surface area contributed by atoms with Crippen LogP contribution in [0.5, 0.6) is 5.75 Å². The van der Waals surface area contributed by atoms with Crippen LogP contribution in [-0.4, -0.2) is 53.1 Å². The number of halogens is 2. The highest BCUT2D eigenvalue weighted by atomic mass is 35.5. The number of rotatable bonds is 8. The van der Waals surface area contributed by atoms with Crippen LogP contribution in [0.3, 0.4) is 0 Å². The van der Waals surface area contributed by atoms with E-state index in [1.54, 1.807) is 42.5 Å². The van der Waals surface area contributed by atoms with Gasteiger partial charge in [0.25, 0.3) is 11.0 Å². The van der Waals surface area contributed by atoms with E-state index in [1.807, 2.05) is 0 Å². The van der Waals surface area contributed by atoms with Gasteiger partial charge in [0.15, 0.2) is 11.4 Å². The third-order valence-electron chi connectivity index (χ3n) is 5.69. The van der Waals surface area contributed by atoms with Crippen molar-refractivity contribution < 1.29 is 29.0 Å². The van der Waals surface area contributed by atoms with Crippen LogP contribution in [0, 0.1) is 22.0 Å². The second-order valence-corrected chi connectivity index (χ2v) is 9.10. The number of hydrogen-bond acceptors (Lipinski definition) is 8. The molecule has 0 bridgehead atoms. The standard InChI is InChI=1S/C26H22Cl2N4O7/c1-37-24-22(25(33)29-20-6-4-13-38-26(20)34)30-31(21-12-11-18(27)15-19(21)28)23(24)17-9-7-16(8-10-17)5-2-3-14-39-32(35)36/h7-12,15,20H,3-4,6,13-14H2,1H3,(H,29,33). The second-order valence-electron chi connectivity index (χ2n) is 8.26. The molecule has 0 aliphatic carbocycles. The van der Waals surface area contributed by atoms with Gasteiger partial charge in [-0.3, -0.25) is 4.79 Å². The van der Waals surface area contributed by atoms with E-state index >= 15 is 0 Å². The monoisotopic (exact) mass is 572 g/mol. The van der Waals surface area contributed by atoms with Crippen molar-refractivity contribution in [1.82, 2.24) is 15.1 Å². The van der Waals surface area contributed by atoms with Crippen molar-refractivity contribution in [2.75, 3.05) is 20.3 Å². The van der Waals surface area contributed by atoms with E-state index in [0.29, 0.717) is 47.0 Å². The number of methoxy groups -OCH3 is 1. The fraction of sp³-hybridized carbons (Fsp3) is 0.269. The number of esters is 1. The topological polar surface area (TPSA) is 135 Å². The van der Waals surface area contributed by atoms with Crippen LogP contribution in [0.1, 0.15) is 35.3 Å². The minimum atomic E-state index is -0.866. The zero-order valence-corrected chi connectivity index (χ0v) is 22.1. The maximum atomic E-state index is 13.3. The maximum Gasteiger partial charge on any atom is 0.328 e. The average molecular weight is 573 g/mol. The molecule has 0 spiro atoms. The van der Waals surface area contributed by atoms with E-state index in [1.165, 1.54) is 11.8 Å². The SMILES string of the molecule is COc1c(C(=O)NC2CCCOC2=O)nn(-c2ccc(Cl)cc2Cl)c1-c1ccc(C#CCCO[N+](=O)[O-])cc1. The molecule has 1 atom stereocenters. The number of nitrogens with zero attached hydrogens (tertiary/aromatic N) is 3. The molecule has 13 heteroatoms. The first-order chi connectivity index (χ1) is 18.8. The lowest BCUT2D eigenvalue weighted by atomic mass is 10.1. The van der Waals surface area contributed by atoms with Crippen molar-refractivity contribution >= 4 is 35.1 Å². The minimum absolute atomic E-state index is 0.0495. The van der Waals surface area contributed by atoms with E-state index in [2.05, 4.69) is 27.1 Å². The third kappa shape index (κ3) is 6.60. The maximum absolute atomic E-state index is 13.3. The molecule has 2 heterocycles. The number of benzene rings is 2. The van der Waals surface area contributed by atoms with Crippen molar-refractivity contribution in [3.8, 4) is 34.5 Å². The van der Waals surface area contributed by atoms with Gasteiger partial charge in [0, 0.05) is 22.6 Å². The molecular formula is C26H22Cl2N4O7. The summed E-state index contributed by atoms with van der Waals surface area (Å²) in [5.41, 5.74) is 2.11. The van der Waals surface area contributed by atoms with Crippen LogP contribution in [0.4, 0.5) is 0 Å². The van der Waals surface area contributed by atoms with Crippen molar-refractivity contribution in [3.63, 3.8) is 0 Å². The number of amides is 1. The summed E-state index contributed by atoms with van der Waals surface area (Å²) in [7, 11) is 1.41. The van der Waals surface area contributed by atoms with Crippen molar-refractivity contribution in [1.29, 1.82) is 0 Å². The van der Waals surface area contributed by atoms with Gasteiger partial charge in [-0.2, -0.15) is 5.10 Å². The zero-order chi connectivity index (χ0) is 27.9. The third-order valence-corrected chi connectivity index (χ3v) is 6.22. The molecule has 2 aromatic carbocycles. The van der Waals surface area contributed by atoms with E-state index in [-0.39, 0.29) is 29.5 Å². The Morgan fingerprint density at radius 2 is 2.05 bits per heavy atom. The average Bonchev–Trinajstić information content (AvgIpc) is 3.29. The van der Waals surface area contributed by atoms with Crippen LogP contribution in [0.2, 0.25) is 10.0 Å². The van der Waals surface area contributed by atoms with Crippen LogP contribution < -0.4 is 10.1 Å². The van der Waals surface area contributed by atoms with Gasteiger partial charge in [-0.1, -0.05) is 47.2 Å². The summed E-state index contributed by atoms with van der Waals surface area (Å²) < 4.78 is 12.2. The molecule has 11 nitrogen and oxygen atoms in total. The zero-order valence-electron chi connectivity index (χ0n) is 20.6. The number of cyclic esters (lactones) is 1. The summed E-state index contributed by atoms with van der Waals surface area (Å²) in [5.74, 6) is 4.77. The summed E-state index contributed by atoms with van der Waals surface area (Å²) in [6, 6.07) is 11.1. The van der Waals surface area contributed by atoms with Crippen LogP contribution in [-0.2, 0) is 14.4 Å². The lowest BCUT2D eigenvalue weighted by Gasteiger charge is -2.21. The van der Waals surface area contributed by atoms with Gasteiger partial charge in [0.2, 0.25) is 0 Å². The minimum Gasteiger partial charge on any atom is -0.492 e. The van der Waals surface area contributed by atoms with Crippen LogP contribution >= 0.6 is 23.2 Å². The van der Waals surface area contributed by atoms with Gasteiger partial charge < -0.3 is 19.6 Å². The van der Waals surface area contributed by atoms with Gasteiger partial charge in [-0.25, -0.2) is 9.48 Å². The van der Waals surface area contributed by atoms with E-state index < -0.39 is 23.0 Å². The van der Waals surface area contributed by atoms with Crippen LogP contribution in [0.15, 0.2) is 42.5 Å². The van der Waals surface area contributed by atoms with Gasteiger partial charge in [0.1, 0.15) is 18.3 Å². The molecule has 1 aromatic heterocycles. The molecule has 39 heavy (non-hydrogen) atoms. The van der Waals surface area contributed by atoms with E-state index in [0.717, 1.165) is 0 Å². The quantitative estimate of drug-likeness (QED) is 0.139. The molecule has 1 unspecified atom stereocenters. The smallest absolute Gasteiger partial charge is 0.328 e. The van der Waals surface area contributed by atoms with Gasteiger partial charge in [0.05, 0.1) is 24.4 Å². The normalized spacial score (nSPS) is 14.5. The Morgan fingerprint density at radius 1 is 1.28 bits per heavy atom. The highest BCUT2D eigenvalue weighted by Crippen LogP contribution is 2.37. The number of carbonyl (C=O) groups excluding carboxylic acids is 2. The molecule has 1 fully saturated rings. The Hall–Kier alpha value is -4.27. The van der Waals surface area contributed by atoms with Crippen LogP contribution in [0.25, 0.3) is 16.9 Å². The first-order valence-electron chi connectivity index (χ1n) is 11.7. The highest BCUT2D eigenvalue weighted by Gasteiger charge is 2.31. The molecular weight excluding hydrogens is 551 g/mol. The Balaban J connectivity index is 1.72. The molecule has 0 saturated carbocycles.